The van der Waals surface area contributed by atoms with Gasteiger partial charge in [-0.3, -0.25) is 9.59 Å². The molecule has 0 bridgehead atoms. The van der Waals surface area contributed by atoms with E-state index < -0.39 is 24.2 Å². The molecule has 23 heavy (non-hydrogen) atoms. The van der Waals surface area contributed by atoms with Crippen molar-refractivity contribution in [3.05, 3.63) is 0 Å². The van der Waals surface area contributed by atoms with Crippen LogP contribution in [0.25, 0.3) is 0 Å². The van der Waals surface area contributed by atoms with E-state index in [4.69, 9.17) is 16.3 Å². The maximum absolute atomic E-state index is 12.2. The Labute approximate surface area is 138 Å². The molecular weight excluding hydrogens is 337 g/mol. The Morgan fingerprint density at radius 3 is 2.39 bits per heavy atom. The number of carbonyl (C=O) groups is 2. The molecule has 1 aliphatic carbocycles. The molecule has 0 saturated heterocycles. The van der Waals surface area contributed by atoms with Crippen molar-refractivity contribution in [3.8, 4) is 0 Å². The van der Waals surface area contributed by atoms with Gasteiger partial charge in [-0.25, -0.2) is 0 Å². The van der Waals surface area contributed by atoms with Gasteiger partial charge in [-0.05, 0) is 26.2 Å². The van der Waals surface area contributed by atoms with E-state index in [-0.39, 0.29) is 37.2 Å². The van der Waals surface area contributed by atoms with Crippen LogP contribution in [0.2, 0.25) is 0 Å². The normalized spacial score (nSPS) is 23.2. The van der Waals surface area contributed by atoms with Crippen molar-refractivity contribution in [1.82, 2.24) is 0 Å². The highest BCUT2D eigenvalue weighted by atomic mass is 35.5. The summed E-state index contributed by atoms with van der Waals surface area (Å²) in [5.41, 5.74) is 0. The van der Waals surface area contributed by atoms with Gasteiger partial charge in [0.15, 0.2) is 6.10 Å². The van der Waals surface area contributed by atoms with Crippen LogP contribution in [-0.4, -0.2) is 36.2 Å². The van der Waals surface area contributed by atoms with Crippen LogP contribution >= 0.6 is 11.6 Å². The Bertz CT molecular complexity index is 401. The van der Waals surface area contributed by atoms with Gasteiger partial charge in [0.05, 0.1) is 6.61 Å². The molecule has 3 atom stereocenters. The number of hydrogen-bond donors (Lipinski definition) is 0. The Morgan fingerprint density at radius 2 is 1.78 bits per heavy atom. The number of halogens is 4. The van der Waals surface area contributed by atoms with Crippen molar-refractivity contribution in [2.24, 2.45) is 5.92 Å². The van der Waals surface area contributed by atoms with E-state index in [1.165, 1.54) is 0 Å². The fourth-order valence-corrected chi connectivity index (χ4v) is 2.68. The topological polar surface area (TPSA) is 52.6 Å². The van der Waals surface area contributed by atoms with Gasteiger partial charge in [-0.1, -0.05) is 12.8 Å². The summed E-state index contributed by atoms with van der Waals surface area (Å²) in [5.74, 6) is -1.31. The third-order valence-electron chi connectivity index (χ3n) is 3.81. The first-order valence-corrected chi connectivity index (χ1v) is 8.19. The van der Waals surface area contributed by atoms with Gasteiger partial charge in [-0.15, -0.1) is 11.6 Å². The predicted molar refractivity (Wildman–Crippen MR) is 78.0 cm³/mol. The molecule has 3 unspecified atom stereocenters. The Hall–Kier alpha value is -0.980. The molecule has 0 spiro atoms. The molecule has 0 aromatic heterocycles. The van der Waals surface area contributed by atoms with E-state index >= 15 is 0 Å². The molecule has 0 N–H and O–H groups in total. The highest BCUT2D eigenvalue weighted by Gasteiger charge is 2.39. The Balaban J connectivity index is 2.15. The molecule has 1 aliphatic rings. The second kappa shape index (κ2) is 9.35. The molecule has 0 aromatic rings. The van der Waals surface area contributed by atoms with Crippen LogP contribution < -0.4 is 0 Å². The first-order chi connectivity index (χ1) is 10.7. The molecule has 8 heteroatoms. The van der Waals surface area contributed by atoms with E-state index in [0.29, 0.717) is 0 Å². The van der Waals surface area contributed by atoms with Gasteiger partial charge in [0.2, 0.25) is 0 Å². The van der Waals surface area contributed by atoms with Gasteiger partial charge in [0.1, 0.15) is 0 Å². The lowest BCUT2D eigenvalue weighted by molar-refractivity contribution is -0.216. The van der Waals surface area contributed by atoms with Crippen LogP contribution in [0.1, 0.15) is 51.9 Å². The summed E-state index contributed by atoms with van der Waals surface area (Å²) in [7, 11) is 0. The zero-order valence-corrected chi connectivity index (χ0v) is 13.8. The third kappa shape index (κ3) is 7.90. The summed E-state index contributed by atoms with van der Waals surface area (Å²) in [6.07, 6.45) is -2.94. The number of esters is 2. The van der Waals surface area contributed by atoms with Gasteiger partial charge in [0, 0.05) is 24.1 Å². The lowest BCUT2D eigenvalue weighted by Crippen LogP contribution is -2.30. The van der Waals surface area contributed by atoms with E-state index in [0.717, 1.165) is 32.6 Å². The fraction of sp³-hybridized carbons (Fsp3) is 0.867. The predicted octanol–water partition coefficient (Wildman–Crippen LogP) is 3.99. The van der Waals surface area contributed by atoms with E-state index in [1.807, 2.05) is 0 Å². The monoisotopic (exact) mass is 358 g/mol. The van der Waals surface area contributed by atoms with Crippen LogP contribution in [0.4, 0.5) is 13.2 Å². The minimum Gasteiger partial charge on any atom is -0.465 e. The second-order valence-corrected chi connectivity index (χ2v) is 6.33. The van der Waals surface area contributed by atoms with Crippen molar-refractivity contribution < 1.29 is 32.2 Å². The second-order valence-electron chi connectivity index (χ2n) is 5.77. The van der Waals surface area contributed by atoms with Crippen LogP contribution in [0.3, 0.4) is 0 Å². The molecule has 134 valence electrons. The van der Waals surface area contributed by atoms with E-state index in [9.17, 15) is 22.8 Å². The number of hydrogen-bond acceptors (Lipinski definition) is 4. The first-order valence-electron chi connectivity index (χ1n) is 7.76. The van der Waals surface area contributed by atoms with Crippen LogP contribution in [0.15, 0.2) is 0 Å². The first kappa shape index (κ1) is 20.1. The van der Waals surface area contributed by atoms with Gasteiger partial charge in [0.25, 0.3) is 0 Å². The van der Waals surface area contributed by atoms with Crippen LogP contribution in [-0.2, 0) is 19.1 Å². The molecular formula is C15H22ClF3O4. The van der Waals surface area contributed by atoms with Crippen LogP contribution in [0, 0.1) is 5.92 Å². The largest absolute Gasteiger partial charge is 0.465 e. The average molecular weight is 359 g/mol. The summed E-state index contributed by atoms with van der Waals surface area (Å²) >= 11 is 6.15. The van der Waals surface area contributed by atoms with Crippen molar-refractivity contribution in [2.75, 3.05) is 6.61 Å². The lowest BCUT2D eigenvalue weighted by atomic mass is 9.89. The maximum Gasteiger partial charge on any atom is 0.425 e. The smallest absolute Gasteiger partial charge is 0.425 e. The van der Waals surface area contributed by atoms with Crippen molar-refractivity contribution in [2.45, 2.75) is 69.5 Å². The van der Waals surface area contributed by atoms with Crippen molar-refractivity contribution >= 4 is 23.5 Å². The minimum absolute atomic E-state index is 0.00961. The standard InChI is InChI=1S/C15H22ClF3O4/c1-10(15(17,18)19)23-14(21)8-4-7-13(20)22-9-11-5-2-3-6-12(11)16/h10-12H,2-9H2,1H3. The van der Waals surface area contributed by atoms with E-state index in [2.05, 4.69) is 4.74 Å². The zero-order valence-electron chi connectivity index (χ0n) is 13.0. The molecule has 0 radical (unpaired) electrons. The zero-order chi connectivity index (χ0) is 17.5. The molecule has 0 aliphatic heterocycles. The summed E-state index contributed by atoms with van der Waals surface area (Å²) in [4.78, 5) is 22.8. The number of alkyl halides is 4. The molecule has 0 heterocycles. The summed E-state index contributed by atoms with van der Waals surface area (Å²) in [6, 6.07) is 0. The molecule has 1 rings (SSSR count). The average Bonchev–Trinajstić information content (AvgIpc) is 2.45. The molecule has 0 aromatic carbocycles. The van der Waals surface area contributed by atoms with Gasteiger partial charge in [-0.2, -0.15) is 13.2 Å². The SMILES string of the molecule is CC(OC(=O)CCCC(=O)OCC1CCCCC1Cl)C(F)(F)F. The lowest BCUT2D eigenvalue weighted by Gasteiger charge is -2.26. The highest BCUT2D eigenvalue weighted by Crippen LogP contribution is 2.28. The summed E-state index contributed by atoms with van der Waals surface area (Å²) in [6.45, 7) is 1.02. The van der Waals surface area contributed by atoms with Crippen molar-refractivity contribution in [3.63, 3.8) is 0 Å². The third-order valence-corrected chi connectivity index (χ3v) is 4.38. The molecule has 1 saturated carbocycles. The highest BCUT2D eigenvalue weighted by molar-refractivity contribution is 6.20. The number of rotatable bonds is 7. The maximum atomic E-state index is 12.2. The molecule has 1 fully saturated rings. The Morgan fingerprint density at radius 1 is 1.17 bits per heavy atom. The van der Waals surface area contributed by atoms with Crippen LogP contribution in [0.5, 0.6) is 0 Å². The fourth-order valence-electron chi connectivity index (χ4n) is 2.32. The van der Waals surface area contributed by atoms with Gasteiger partial charge >= 0.3 is 18.1 Å². The van der Waals surface area contributed by atoms with Gasteiger partial charge < -0.3 is 9.47 Å². The minimum atomic E-state index is -4.58. The summed E-state index contributed by atoms with van der Waals surface area (Å²) < 4.78 is 46.0. The van der Waals surface area contributed by atoms with Crippen molar-refractivity contribution in [1.29, 1.82) is 0 Å². The summed E-state index contributed by atoms with van der Waals surface area (Å²) in [5, 5.41) is 0.00961. The molecule has 0 amide bonds. The molecule has 4 nitrogen and oxygen atoms in total. The quantitative estimate of drug-likeness (QED) is 0.510. The Kier molecular flexibility index (Phi) is 8.16. The number of carbonyl (C=O) groups excluding carboxylic acids is 2. The number of ether oxygens (including phenoxy) is 2. The van der Waals surface area contributed by atoms with E-state index in [1.54, 1.807) is 0 Å².